The number of ketones is 1. The molecule has 11 heteroatoms. The first-order valence-corrected chi connectivity index (χ1v) is 12.5. The lowest BCUT2D eigenvalue weighted by Crippen LogP contribution is -2.32. The van der Waals surface area contributed by atoms with Gasteiger partial charge in [0.1, 0.15) is 5.69 Å². The molecule has 6 nitrogen and oxygen atoms in total. The molecule has 0 atom stereocenters. The molecule has 1 aliphatic carbocycles. The predicted octanol–water partition coefficient (Wildman–Crippen LogP) is 4.96. The van der Waals surface area contributed by atoms with Crippen LogP contribution in [0.3, 0.4) is 0 Å². The summed E-state index contributed by atoms with van der Waals surface area (Å²) in [6.07, 6.45) is 0.875. The quantitative estimate of drug-likeness (QED) is 0.513. The van der Waals surface area contributed by atoms with Gasteiger partial charge < -0.3 is 4.57 Å². The van der Waals surface area contributed by atoms with Crippen molar-refractivity contribution in [2.75, 3.05) is 6.26 Å². The number of carbonyl (C=O) groups is 2. The molecular formula is C24H18ClF3N2O4S. The zero-order chi connectivity index (χ0) is 25.5. The number of hydrogen-bond acceptors (Lipinski definition) is 4. The topological polar surface area (TPSA) is 85.2 Å². The van der Waals surface area contributed by atoms with Gasteiger partial charge in [-0.25, -0.2) is 13.1 Å². The molecule has 0 spiro atoms. The Kier molecular flexibility index (Phi) is 6.37. The van der Waals surface area contributed by atoms with E-state index in [1.54, 1.807) is 12.2 Å². The minimum absolute atomic E-state index is 0.0448. The number of carbonyl (C=O) groups excluding carboxylic acids is 2. The first-order valence-electron chi connectivity index (χ1n) is 10.3. The normalized spacial score (nSPS) is 14.3. The number of Topliss-reactive ketones (excluding diaryl/α,β-unsaturated/α-hetero) is 1. The SMILES string of the molecule is CS(=O)(=O)NC(=O)c1c(C2=CC=CCC2=O)c2cc(Cl)ccc2n1Cc1ccccc1C(F)(F)F. The second-order valence-electron chi connectivity index (χ2n) is 7.97. The van der Waals surface area contributed by atoms with Crippen LogP contribution < -0.4 is 4.72 Å². The van der Waals surface area contributed by atoms with E-state index >= 15 is 0 Å². The third-order valence-corrected chi connectivity index (χ3v) is 6.23. The maximum Gasteiger partial charge on any atom is 0.416 e. The zero-order valence-corrected chi connectivity index (χ0v) is 19.8. The Morgan fingerprint density at radius 2 is 1.89 bits per heavy atom. The molecule has 0 fully saturated rings. The van der Waals surface area contributed by atoms with Crippen molar-refractivity contribution in [3.63, 3.8) is 0 Å². The van der Waals surface area contributed by atoms with Gasteiger partial charge in [0.2, 0.25) is 10.0 Å². The highest BCUT2D eigenvalue weighted by molar-refractivity contribution is 7.89. The zero-order valence-electron chi connectivity index (χ0n) is 18.2. The monoisotopic (exact) mass is 522 g/mol. The van der Waals surface area contributed by atoms with Crippen LogP contribution in [0.2, 0.25) is 5.02 Å². The van der Waals surface area contributed by atoms with Gasteiger partial charge in [-0.1, -0.05) is 48.0 Å². The molecule has 2 aromatic carbocycles. The predicted molar refractivity (Wildman–Crippen MR) is 127 cm³/mol. The van der Waals surface area contributed by atoms with Crippen LogP contribution in [0.1, 0.15) is 33.6 Å². The van der Waals surface area contributed by atoms with Crippen molar-refractivity contribution in [1.82, 2.24) is 9.29 Å². The van der Waals surface area contributed by atoms with E-state index in [4.69, 9.17) is 11.6 Å². The van der Waals surface area contributed by atoms with E-state index in [0.717, 1.165) is 12.3 Å². The molecule has 1 aliphatic rings. The van der Waals surface area contributed by atoms with Crippen LogP contribution in [0.15, 0.2) is 60.7 Å². The van der Waals surface area contributed by atoms with Crippen molar-refractivity contribution in [2.24, 2.45) is 0 Å². The van der Waals surface area contributed by atoms with Crippen molar-refractivity contribution in [3.05, 3.63) is 88.1 Å². The summed E-state index contributed by atoms with van der Waals surface area (Å²) in [5.41, 5.74) is -0.773. The summed E-state index contributed by atoms with van der Waals surface area (Å²) in [6.45, 7) is -0.419. The van der Waals surface area contributed by atoms with E-state index in [-0.39, 0.29) is 39.6 Å². The first-order chi connectivity index (χ1) is 16.4. The maximum absolute atomic E-state index is 13.7. The highest BCUT2D eigenvalue weighted by Crippen LogP contribution is 2.38. The highest BCUT2D eigenvalue weighted by Gasteiger charge is 2.34. The van der Waals surface area contributed by atoms with Gasteiger partial charge in [-0.2, -0.15) is 13.2 Å². The highest BCUT2D eigenvalue weighted by atomic mass is 35.5. The lowest BCUT2D eigenvalue weighted by Gasteiger charge is -2.17. The van der Waals surface area contributed by atoms with Crippen LogP contribution in [0, 0.1) is 0 Å². The third-order valence-electron chi connectivity index (χ3n) is 5.44. The average Bonchev–Trinajstić information content (AvgIpc) is 3.05. The Morgan fingerprint density at radius 1 is 1.17 bits per heavy atom. The molecule has 4 rings (SSSR count). The molecule has 0 bridgehead atoms. The molecule has 0 aliphatic heterocycles. The number of rotatable bonds is 5. The van der Waals surface area contributed by atoms with E-state index in [0.29, 0.717) is 10.9 Å². The van der Waals surface area contributed by atoms with Crippen LogP contribution in [-0.2, 0) is 27.5 Å². The molecular weight excluding hydrogens is 505 g/mol. The molecule has 182 valence electrons. The molecule has 0 saturated carbocycles. The number of hydrogen-bond donors (Lipinski definition) is 1. The number of benzene rings is 2. The lowest BCUT2D eigenvalue weighted by molar-refractivity contribution is -0.138. The molecule has 0 unspecified atom stereocenters. The lowest BCUT2D eigenvalue weighted by atomic mass is 9.93. The van der Waals surface area contributed by atoms with Gasteiger partial charge in [-0.05, 0) is 29.8 Å². The van der Waals surface area contributed by atoms with Gasteiger partial charge in [-0.3, -0.25) is 9.59 Å². The fraction of sp³-hybridized carbons (Fsp3) is 0.167. The summed E-state index contributed by atoms with van der Waals surface area (Å²) < 4.78 is 68.0. The molecule has 1 N–H and O–H groups in total. The van der Waals surface area contributed by atoms with Crippen molar-refractivity contribution >= 4 is 49.8 Å². The standard InChI is InChI=1S/C24H18ClF3N2O4S/c1-35(33,34)29-23(32)22-21(16-7-3-5-9-20(16)31)17-12-15(25)10-11-19(17)30(22)13-14-6-2-4-8-18(14)24(26,27)28/h2-8,10-12H,9,13H2,1H3,(H,29,32). The molecule has 3 aromatic rings. The van der Waals surface area contributed by atoms with Crippen molar-refractivity contribution < 1.29 is 31.2 Å². The third kappa shape index (κ3) is 5.03. The van der Waals surface area contributed by atoms with E-state index in [1.807, 2.05) is 4.72 Å². The number of fused-ring (bicyclic) bond motifs is 1. The minimum atomic E-state index is -4.66. The summed E-state index contributed by atoms with van der Waals surface area (Å²) in [4.78, 5) is 26.0. The summed E-state index contributed by atoms with van der Waals surface area (Å²) >= 11 is 6.19. The largest absolute Gasteiger partial charge is 0.416 e. The van der Waals surface area contributed by atoms with E-state index in [9.17, 15) is 31.2 Å². The van der Waals surface area contributed by atoms with Gasteiger partial charge in [0.05, 0.1) is 11.8 Å². The Bertz CT molecular complexity index is 1540. The smallest absolute Gasteiger partial charge is 0.331 e. The number of amides is 1. The van der Waals surface area contributed by atoms with Gasteiger partial charge in [0.15, 0.2) is 5.78 Å². The summed E-state index contributed by atoms with van der Waals surface area (Å²) in [5.74, 6) is -1.42. The van der Waals surface area contributed by atoms with Crippen LogP contribution in [0.4, 0.5) is 13.2 Å². The fourth-order valence-electron chi connectivity index (χ4n) is 4.09. The number of allylic oxidation sites excluding steroid dienone is 4. The van der Waals surface area contributed by atoms with Crippen LogP contribution in [-0.4, -0.2) is 30.9 Å². The Labute approximate surface area is 203 Å². The Morgan fingerprint density at radius 3 is 2.54 bits per heavy atom. The summed E-state index contributed by atoms with van der Waals surface area (Å²) in [5, 5.41) is 0.594. The fourth-order valence-corrected chi connectivity index (χ4v) is 4.69. The number of nitrogens with zero attached hydrogens (tertiary/aromatic N) is 1. The van der Waals surface area contributed by atoms with Crippen molar-refractivity contribution in [3.8, 4) is 0 Å². The molecule has 0 radical (unpaired) electrons. The second-order valence-corrected chi connectivity index (χ2v) is 10.2. The van der Waals surface area contributed by atoms with Gasteiger partial charge in [0.25, 0.3) is 5.91 Å². The number of aromatic nitrogens is 1. The summed E-state index contributed by atoms with van der Waals surface area (Å²) in [6, 6.07) is 9.38. The van der Waals surface area contributed by atoms with Gasteiger partial charge >= 0.3 is 6.18 Å². The van der Waals surface area contributed by atoms with Crippen molar-refractivity contribution in [1.29, 1.82) is 0 Å². The number of halogens is 4. The first kappa shape index (κ1) is 24.7. The molecule has 1 heterocycles. The number of nitrogens with one attached hydrogen (secondary N) is 1. The van der Waals surface area contributed by atoms with E-state index < -0.39 is 34.2 Å². The Hall–Kier alpha value is -3.37. The van der Waals surface area contributed by atoms with Gasteiger partial charge in [-0.15, -0.1) is 0 Å². The van der Waals surface area contributed by atoms with Crippen molar-refractivity contribution in [2.45, 2.75) is 19.1 Å². The van der Waals surface area contributed by atoms with Gasteiger partial charge in [0, 0.05) is 40.0 Å². The number of alkyl halides is 3. The molecule has 1 aromatic heterocycles. The van der Waals surface area contributed by atoms with E-state index in [2.05, 4.69) is 0 Å². The molecule has 1 amide bonds. The number of sulfonamides is 1. The van der Waals surface area contributed by atoms with Crippen LogP contribution in [0.25, 0.3) is 16.5 Å². The minimum Gasteiger partial charge on any atom is -0.331 e. The van der Waals surface area contributed by atoms with E-state index in [1.165, 1.54) is 47.0 Å². The molecule has 35 heavy (non-hydrogen) atoms. The second kappa shape index (κ2) is 9.01. The average molecular weight is 523 g/mol. The van der Waals surface area contributed by atoms with Crippen LogP contribution >= 0.6 is 11.6 Å². The Balaban J connectivity index is 2.07. The summed E-state index contributed by atoms with van der Waals surface area (Å²) in [7, 11) is -4.04. The maximum atomic E-state index is 13.7. The van der Waals surface area contributed by atoms with Crippen LogP contribution in [0.5, 0.6) is 0 Å². The molecule has 0 saturated heterocycles.